The predicted octanol–water partition coefficient (Wildman–Crippen LogP) is 3.10. The van der Waals surface area contributed by atoms with Crippen LogP contribution in [0, 0.1) is 5.92 Å². The monoisotopic (exact) mass is 475 g/mol. The number of carbonyl (C=O) groups is 1. The van der Waals surface area contributed by atoms with Crippen molar-refractivity contribution >= 4 is 27.5 Å². The van der Waals surface area contributed by atoms with Crippen LogP contribution in [0.4, 0.5) is 8.78 Å². The van der Waals surface area contributed by atoms with Gasteiger partial charge in [0.2, 0.25) is 11.8 Å². The lowest BCUT2D eigenvalue weighted by Crippen LogP contribution is -2.44. The molecule has 0 N–H and O–H groups in total. The molecule has 1 fully saturated rings. The summed E-state index contributed by atoms with van der Waals surface area (Å²) in [5, 5.41) is 8.00. The van der Waals surface area contributed by atoms with Crippen LogP contribution in [0.2, 0.25) is 0 Å². The molecule has 1 atom stereocenters. The molecule has 1 aliphatic rings. The zero-order valence-electron chi connectivity index (χ0n) is 17.0. The van der Waals surface area contributed by atoms with Gasteiger partial charge >= 0.3 is 6.61 Å². The van der Waals surface area contributed by atoms with E-state index in [1.807, 2.05) is 13.8 Å². The number of hydrogen-bond acceptors (Lipinski definition) is 8. The molecule has 8 nitrogen and oxygen atoms in total. The van der Waals surface area contributed by atoms with Gasteiger partial charge in [-0.1, -0.05) is 25.6 Å². The van der Waals surface area contributed by atoms with E-state index in [0.717, 1.165) is 11.8 Å². The maximum atomic E-state index is 12.8. The summed E-state index contributed by atoms with van der Waals surface area (Å²) in [6.07, 6.45) is 0.446. The summed E-state index contributed by atoms with van der Waals surface area (Å²) in [6.45, 7) is 1.51. The summed E-state index contributed by atoms with van der Waals surface area (Å²) in [4.78, 5) is 14.4. The fourth-order valence-electron chi connectivity index (χ4n) is 3.24. The smallest absolute Gasteiger partial charge is 0.387 e. The van der Waals surface area contributed by atoms with Crippen LogP contribution in [0.25, 0.3) is 11.5 Å². The summed E-state index contributed by atoms with van der Waals surface area (Å²) in [5.74, 6) is 0.328. The van der Waals surface area contributed by atoms with Crippen molar-refractivity contribution in [2.45, 2.75) is 38.1 Å². The molecule has 2 aromatic rings. The second-order valence-corrected chi connectivity index (χ2v) is 10.7. The van der Waals surface area contributed by atoms with Crippen LogP contribution in [0.5, 0.6) is 5.75 Å². The second-order valence-electron chi connectivity index (χ2n) is 7.56. The maximum absolute atomic E-state index is 12.8. The van der Waals surface area contributed by atoms with Crippen LogP contribution in [0.3, 0.4) is 0 Å². The quantitative estimate of drug-likeness (QED) is 0.510. The van der Waals surface area contributed by atoms with Gasteiger partial charge in [-0.15, -0.1) is 10.2 Å². The third-order valence-electron chi connectivity index (χ3n) is 4.58. The van der Waals surface area contributed by atoms with Crippen molar-refractivity contribution in [3.05, 3.63) is 24.3 Å². The number of ether oxygens (including phenoxy) is 1. The Hall–Kier alpha value is -2.21. The first-order valence-corrected chi connectivity index (χ1v) is 12.4. The Balaban J connectivity index is 1.61. The van der Waals surface area contributed by atoms with Crippen molar-refractivity contribution in [3.63, 3.8) is 0 Å². The third kappa shape index (κ3) is 6.63. The summed E-state index contributed by atoms with van der Waals surface area (Å²) in [7, 11) is -3.11. The summed E-state index contributed by atoms with van der Waals surface area (Å²) in [6, 6.07) is 5.43. The number of rotatable bonds is 9. The Kier molecular flexibility index (Phi) is 7.52. The Morgan fingerprint density at radius 1 is 1.29 bits per heavy atom. The summed E-state index contributed by atoms with van der Waals surface area (Å²) in [5.41, 5.74) is 0.518. The number of sulfone groups is 1. The molecule has 3 rings (SSSR count). The van der Waals surface area contributed by atoms with Crippen molar-refractivity contribution in [1.82, 2.24) is 15.1 Å². The molecule has 0 saturated carbocycles. The van der Waals surface area contributed by atoms with E-state index in [9.17, 15) is 22.0 Å². The van der Waals surface area contributed by atoms with E-state index in [4.69, 9.17) is 4.42 Å². The molecular formula is C19H23F2N3O5S2. The predicted molar refractivity (Wildman–Crippen MR) is 111 cm³/mol. The number of thioether (sulfide) groups is 1. The van der Waals surface area contributed by atoms with E-state index in [1.165, 1.54) is 24.3 Å². The second kappa shape index (κ2) is 9.94. The van der Waals surface area contributed by atoms with Crippen LogP contribution in [-0.2, 0) is 14.6 Å². The van der Waals surface area contributed by atoms with Crippen LogP contribution < -0.4 is 4.74 Å². The fourth-order valence-corrected chi connectivity index (χ4v) is 5.62. The van der Waals surface area contributed by atoms with Crippen LogP contribution in [0.1, 0.15) is 20.3 Å². The molecule has 1 aliphatic heterocycles. The first-order chi connectivity index (χ1) is 14.6. The molecule has 1 aromatic carbocycles. The normalized spacial score (nSPS) is 17.9. The minimum absolute atomic E-state index is 0.00784. The molecule has 2 heterocycles. The van der Waals surface area contributed by atoms with Crippen LogP contribution in [-0.4, -0.2) is 65.9 Å². The number of amides is 1. The molecule has 1 aromatic heterocycles. The Morgan fingerprint density at radius 3 is 2.58 bits per heavy atom. The molecule has 170 valence electrons. The van der Waals surface area contributed by atoms with Gasteiger partial charge in [0, 0.05) is 18.2 Å². The molecular weight excluding hydrogens is 452 g/mol. The Labute approximate surface area is 183 Å². The van der Waals surface area contributed by atoms with Gasteiger partial charge in [0.25, 0.3) is 5.22 Å². The van der Waals surface area contributed by atoms with Crippen molar-refractivity contribution in [2.75, 3.05) is 23.8 Å². The average Bonchev–Trinajstić information content (AvgIpc) is 3.30. The van der Waals surface area contributed by atoms with Gasteiger partial charge in [0.15, 0.2) is 9.84 Å². The van der Waals surface area contributed by atoms with E-state index in [0.29, 0.717) is 18.5 Å². The van der Waals surface area contributed by atoms with Gasteiger partial charge in [-0.25, -0.2) is 8.42 Å². The van der Waals surface area contributed by atoms with Crippen molar-refractivity contribution in [2.24, 2.45) is 5.92 Å². The molecule has 1 amide bonds. The zero-order chi connectivity index (χ0) is 22.6. The lowest BCUT2D eigenvalue weighted by atomic mass is 10.1. The first kappa shape index (κ1) is 23.5. The van der Waals surface area contributed by atoms with Crippen molar-refractivity contribution in [1.29, 1.82) is 0 Å². The van der Waals surface area contributed by atoms with Gasteiger partial charge in [-0.2, -0.15) is 8.78 Å². The number of carbonyl (C=O) groups excluding carboxylic acids is 1. The SMILES string of the molecule is CC(C)CN(C(=O)CSc1nnc(-c2ccc(OC(F)F)cc2)o1)C1CCS(=O)(=O)C1. The number of alkyl halides is 2. The minimum atomic E-state index is -3.11. The summed E-state index contributed by atoms with van der Waals surface area (Å²) >= 11 is 1.06. The Bertz CT molecular complexity index is 996. The van der Waals surface area contributed by atoms with Gasteiger partial charge in [0.1, 0.15) is 5.75 Å². The van der Waals surface area contributed by atoms with E-state index in [2.05, 4.69) is 14.9 Å². The number of aromatic nitrogens is 2. The van der Waals surface area contributed by atoms with Gasteiger partial charge in [-0.05, 0) is 36.6 Å². The lowest BCUT2D eigenvalue weighted by Gasteiger charge is -2.29. The molecule has 0 radical (unpaired) electrons. The highest BCUT2D eigenvalue weighted by Gasteiger charge is 2.34. The number of nitrogens with zero attached hydrogens (tertiary/aromatic N) is 3. The van der Waals surface area contributed by atoms with Crippen LogP contribution >= 0.6 is 11.8 Å². The molecule has 0 aliphatic carbocycles. The fraction of sp³-hybridized carbons (Fsp3) is 0.526. The van der Waals surface area contributed by atoms with E-state index in [1.54, 1.807) is 4.90 Å². The van der Waals surface area contributed by atoms with E-state index >= 15 is 0 Å². The number of halogens is 2. The van der Waals surface area contributed by atoms with Crippen LogP contribution in [0.15, 0.2) is 33.9 Å². The van der Waals surface area contributed by atoms with Gasteiger partial charge in [-0.3, -0.25) is 4.79 Å². The van der Waals surface area contributed by atoms with E-state index in [-0.39, 0.29) is 52.0 Å². The molecule has 1 unspecified atom stereocenters. The first-order valence-electron chi connectivity index (χ1n) is 9.64. The van der Waals surface area contributed by atoms with Gasteiger partial charge < -0.3 is 14.1 Å². The van der Waals surface area contributed by atoms with Gasteiger partial charge in [0.05, 0.1) is 17.3 Å². The highest BCUT2D eigenvalue weighted by atomic mass is 32.2. The molecule has 31 heavy (non-hydrogen) atoms. The largest absolute Gasteiger partial charge is 0.435 e. The maximum Gasteiger partial charge on any atom is 0.387 e. The molecule has 0 spiro atoms. The standard InChI is InChI=1S/C19H23F2N3O5S2/c1-12(2)9-24(14-7-8-31(26,27)11-14)16(25)10-30-19-23-22-17(29-19)13-3-5-15(6-4-13)28-18(20)21/h3-6,12,14,18H,7-11H2,1-2H3. The topological polar surface area (TPSA) is 103 Å². The highest BCUT2D eigenvalue weighted by molar-refractivity contribution is 7.99. The molecule has 1 saturated heterocycles. The third-order valence-corrected chi connectivity index (χ3v) is 7.14. The molecule has 12 heteroatoms. The molecule has 0 bridgehead atoms. The van der Waals surface area contributed by atoms with Crippen molar-refractivity contribution < 1.29 is 31.1 Å². The zero-order valence-corrected chi connectivity index (χ0v) is 18.7. The number of benzene rings is 1. The highest BCUT2D eigenvalue weighted by Crippen LogP contribution is 2.26. The van der Waals surface area contributed by atoms with E-state index < -0.39 is 16.4 Å². The minimum Gasteiger partial charge on any atom is -0.435 e. The summed E-state index contributed by atoms with van der Waals surface area (Å²) < 4.78 is 58.0. The lowest BCUT2D eigenvalue weighted by molar-refractivity contribution is -0.130. The number of hydrogen-bond donors (Lipinski definition) is 0. The average molecular weight is 476 g/mol. The Morgan fingerprint density at radius 2 is 2.00 bits per heavy atom. The van der Waals surface area contributed by atoms with Crippen molar-refractivity contribution in [3.8, 4) is 17.2 Å².